The quantitative estimate of drug-likeness (QED) is 0.919. The lowest BCUT2D eigenvalue weighted by atomic mass is 10.1. The summed E-state index contributed by atoms with van der Waals surface area (Å²) in [5, 5.41) is 0.536. The van der Waals surface area contributed by atoms with E-state index in [9.17, 15) is 4.79 Å². The van der Waals surface area contributed by atoms with Crippen molar-refractivity contribution in [1.82, 2.24) is 4.90 Å². The van der Waals surface area contributed by atoms with Crippen molar-refractivity contribution in [3.05, 3.63) is 28.8 Å². The van der Waals surface area contributed by atoms with Crippen LogP contribution in [0.15, 0.2) is 18.2 Å². The highest BCUT2D eigenvalue weighted by molar-refractivity contribution is 6.30. The minimum atomic E-state index is -0.133. The summed E-state index contributed by atoms with van der Waals surface area (Å²) in [5.74, 6) is 0.388. The second kappa shape index (κ2) is 6.43. The molecular formula is C14H19ClN2O3. The van der Waals surface area contributed by atoms with Gasteiger partial charge in [0.2, 0.25) is 0 Å². The van der Waals surface area contributed by atoms with Gasteiger partial charge in [0.1, 0.15) is 5.75 Å². The Hall–Kier alpha value is -1.30. The van der Waals surface area contributed by atoms with Gasteiger partial charge in [0.25, 0.3) is 5.91 Å². The molecule has 0 saturated carbocycles. The van der Waals surface area contributed by atoms with Gasteiger partial charge in [-0.05, 0) is 25.1 Å². The third-order valence-corrected chi connectivity index (χ3v) is 3.60. The van der Waals surface area contributed by atoms with Crippen molar-refractivity contribution in [3.8, 4) is 5.75 Å². The first-order valence-corrected chi connectivity index (χ1v) is 6.90. The average molecular weight is 299 g/mol. The van der Waals surface area contributed by atoms with Crippen molar-refractivity contribution in [1.29, 1.82) is 0 Å². The number of hydrogen-bond donors (Lipinski definition) is 1. The molecule has 20 heavy (non-hydrogen) atoms. The van der Waals surface area contributed by atoms with Crippen LogP contribution >= 0.6 is 11.6 Å². The molecule has 1 saturated heterocycles. The van der Waals surface area contributed by atoms with Gasteiger partial charge in [-0.25, -0.2) is 0 Å². The third-order valence-electron chi connectivity index (χ3n) is 3.36. The van der Waals surface area contributed by atoms with Gasteiger partial charge < -0.3 is 20.1 Å². The van der Waals surface area contributed by atoms with Gasteiger partial charge in [-0.15, -0.1) is 0 Å². The summed E-state index contributed by atoms with van der Waals surface area (Å²) in [6, 6.07) is 4.89. The topological polar surface area (TPSA) is 64.8 Å². The molecule has 110 valence electrons. The van der Waals surface area contributed by atoms with Gasteiger partial charge >= 0.3 is 0 Å². The number of halogens is 1. The molecule has 1 fully saturated rings. The van der Waals surface area contributed by atoms with Crippen LogP contribution in [0.4, 0.5) is 0 Å². The number of morpholine rings is 1. The summed E-state index contributed by atoms with van der Waals surface area (Å²) in [7, 11) is 1.52. The van der Waals surface area contributed by atoms with E-state index in [2.05, 4.69) is 0 Å². The molecular weight excluding hydrogens is 280 g/mol. The monoisotopic (exact) mass is 298 g/mol. The minimum Gasteiger partial charge on any atom is -0.496 e. The van der Waals surface area contributed by atoms with Crippen LogP contribution in [-0.2, 0) is 4.74 Å². The highest BCUT2D eigenvalue weighted by atomic mass is 35.5. The van der Waals surface area contributed by atoms with Crippen LogP contribution in [-0.4, -0.2) is 49.8 Å². The van der Waals surface area contributed by atoms with Gasteiger partial charge in [0.15, 0.2) is 0 Å². The number of hydrogen-bond acceptors (Lipinski definition) is 4. The number of amides is 1. The summed E-state index contributed by atoms with van der Waals surface area (Å²) in [5.41, 5.74) is 6.34. The molecule has 6 heteroatoms. The molecule has 1 aliphatic heterocycles. The number of nitrogens with zero attached hydrogens (tertiary/aromatic N) is 1. The molecule has 2 unspecified atom stereocenters. The Balaban J connectivity index is 2.18. The summed E-state index contributed by atoms with van der Waals surface area (Å²) in [6.45, 7) is 3.41. The first-order chi connectivity index (χ1) is 9.52. The summed E-state index contributed by atoms with van der Waals surface area (Å²) < 4.78 is 10.8. The number of carbonyl (C=O) groups is 1. The van der Waals surface area contributed by atoms with Crippen molar-refractivity contribution >= 4 is 17.5 Å². The fraction of sp³-hybridized carbons (Fsp3) is 0.500. The van der Waals surface area contributed by atoms with Crippen LogP contribution in [0.2, 0.25) is 5.02 Å². The van der Waals surface area contributed by atoms with E-state index in [0.29, 0.717) is 36.0 Å². The van der Waals surface area contributed by atoms with Crippen molar-refractivity contribution in [2.24, 2.45) is 5.73 Å². The van der Waals surface area contributed by atoms with Gasteiger partial charge in [0, 0.05) is 24.2 Å². The van der Waals surface area contributed by atoms with E-state index in [-0.39, 0.29) is 18.1 Å². The standard InChI is InChI=1S/C14H19ClN2O3/c1-9(16)13-8-17(5-6-20-13)14(18)11-4-3-10(15)7-12(11)19-2/h3-4,7,9,13H,5-6,8,16H2,1-2H3. The van der Waals surface area contributed by atoms with E-state index >= 15 is 0 Å². The van der Waals surface area contributed by atoms with E-state index in [0.717, 1.165) is 0 Å². The van der Waals surface area contributed by atoms with Gasteiger partial charge in [-0.1, -0.05) is 11.6 Å². The molecule has 1 aromatic carbocycles. The van der Waals surface area contributed by atoms with Crippen LogP contribution in [0, 0.1) is 0 Å². The summed E-state index contributed by atoms with van der Waals surface area (Å²) in [4.78, 5) is 14.3. The summed E-state index contributed by atoms with van der Waals surface area (Å²) >= 11 is 5.91. The molecule has 2 N–H and O–H groups in total. The lowest BCUT2D eigenvalue weighted by Crippen LogP contribution is -2.51. The highest BCUT2D eigenvalue weighted by Gasteiger charge is 2.28. The second-order valence-electron chi connectivity index (χ2n) is 4.86. The molecule has 1 aromatic rings. The van der Waals surface area contributed by atoms with Crippen LogP contribution in [0.1, 0.15) is 17.3 Å². The molecule has 1 amide bonds. The molecule has 0 spiro atoms. The Morgan fingerprint density at radius 2 is 2.35 bits per heavy atom. The Kier molecular flexibility index (Phi) is 4.86. The van der Waals surface area contributed by atoms with E-state index in [1.807, 2.05) is 6.92 Å². The molecule has 1 heterocycles. The fourth-order valence-electron chi connectivity index (χ4n) is 2.19. The first kappa shape index (κ1) is 15.1. The lowest BCUT2D eigenvalue weighted by Gasteiger charge is -2.35. The zero-order valence-corrected chi connectivity index (χ0v) is 12.4. The molecule has 2 atom stereocenters. The van der Waals surface area contributed by atoms with Gasteiger partial charge in [-0.2, -0.15) is 0 Å². The van der Waals surface area contributed by atoms with E-state index < -0.39 is 0 Å². The molecule has 1 aliphatic rings. The Morgan fingerprint density at radius 3 is 3.00 bits per heavy atom. The third kappa shape index (κ3) is 3.23. The van der Waals surface area contributed by atoms with Gasteiger partial charge in [0.05, 0.1) is 25.4 Å². The Labute approximate surface area is 123 Å². The first-order valence-electron chi connectivity index (χ1n) is 6.53. The predicted molar refractivity (Wildman–Crippen MR) is 77.3 cm³/mol. The Morgan fingerprint density at radius 1 is 1.60 bits per heavy atom. The van der Waals surface area contributed by atoms with Crippen molar-refractivity contribution in [2.75, 3.05) is 26.8 Å². The second-order valence-corrected chi connectivity index (χ2v) is 5.30. The van der Waals surface area contributed by atoms with Crippen LogP contribution < -0.4 is 10.5 Å². The zero-order chi connectivity index (χ0) is 14.7. The molecule has 5 nitrogen and oxygen atoms in total. The maximum atomic E-state index is 12.6. The van der Waals surface area contributed by atoms with E-state index in [1.54, 1.807) is 23.1 Å². The minimum absolute atomic E-state index is 0.0903. The SMILES string of the molecule is COc1cc(Cl)ccc1C(=O)N1CCOC(C(C)N)C1. The Bertz CT molecular complexity index is 493. The summed E-state index contributed by atoms with van der Waals surface area (Å²) in [6.07, 6.45) is -0.133. The zero-order valence-electron chi connectivity index (χ0n) is 11.6. The number of benzene rings is 1. The molecule has 0 aliphatic carbocycles. The number of nitrogens with two attached hydrogens (primary N) is 1. The molecule has 2 rings (SSSR count). The van der Waals surface area contributed by atoms with Crippen LogP contribution in [0.3, 0.4) is 0 Å². The van der Waals surface area contributed by atoms with Crippen molar-refractivity contribution in [3.63, 3.8) is 0 Å². The number of methoxy groups -OCH3 is 1. The normalized spacial score (nSPS) is 20.6. The number of carbonyl (C=O) groups excluding carboxylic acids is 1. The van der Waals surface area contributed by atoms with E-state index in [1.165, 1.54) is 7.11 Å². The molecule has 0 aromatic heterocycles. The van der Waals surface area contributed by atoms with Crippen molar-refractivity contribution in [2.45, 2.75) is 19.1 Å². The molecule has 0 bridgehead atoms. The van der Waals surface area contributed by atoms with Crippen molar-refractivity contribution < 1.29 is 14.3 Å². The maximum Gasteiger partial charge on any atom is 0.257 e. The fourth-order valence-corrected chi connectivity index (χ4v) is 2.35. The largest absolute Gasteiger partial charge is 0.496 e. The van der Waals surface area contributed by atoms with Gasteiger partial charge in [-0.3, -0.25) is 4.79 Å². The van der Waals surface area contributed by atoms with E-state index in [4.69, 9.17) is 26.8 Å². The average Bonchev–Trinajstić information content (AvgIpc) is 2.46. The number of ether oxygens (including phenoxy) is 2. The van der Waals surface area contributed by atoms with Crippen LogP contribution in [0.5, 0.6) is 5.75 Å². The lowest BCUT2D eigenvalue weighted by molar-refractivity contribution is -0.0300. The maximum absolute atomic E-state index is 12.6. The highest BCUT2D eigenvalue weighted by Crippen LogP contribution is 2.25. The molecule has 0 radical (unpaired) electrons. The smallest absolute Gasteiger partial charge is 0.257 e. The predicted octanol–water partition coefficient (Wildman–Crippen LogP) is 1.54. The van der Waals surface area contributed by atoms with Crippen LogP contribution in [0.25, 0.3) is 0 Å². The number of rotatable bonds is 3.